The van der Waals surface area contributed by atoms with Gasteiger partial charge in [0.2, 0.25) is 5.91 Å². The summed E-state index contributed by atoms with van der Waals surface area (Å²) in [4.78, 5) is 25.2. The molecule has 2 aromatic carbocycles. The van der Waals surface area contributed by atoms with E-state index in [2.05, 4.69) is 55.5 Å². The van der Waals surface area contributed by atoms with Crippen molar-refractivity contribution in [3.63, 3.8) is 0 Å². The fourth-order valence-corrected chi connectivity index (χ4v) is 6.65. The zero-order valence-corrected chi connectivity index (χ0v) is 21.5. The highest BCUT2D eigenvalue weighted by molar-refractivity contribution is 5.86. The number of ketones is 1. The highest BCUT2D eigenvalue weighted by Gasteiger charge is 2.31. The fourth-order valence-electron chi connectivity index (χ4n) is 6.65. The molecule has 2 aliphatic carbocycles. The van der Waals surface area contributed by atoms with E-state index in [1.54, 1.807) is 0 Å². The Balaban J connectivity index is 1.37. The first kappa shape index (κ1) is 25.7. The van der Waals surface area contributed by atoms with Gasteiger partial charge in [0.15, 0.2) is 0 Å². The summed E-state index contributed by atoms with van der Waals surface area (Å²) in [6.07, 6.45) is 13.9. The Hall–Kier alpha value is -2.42. The first-order valence-corrected chi connectivity index (χ1v) is 14.0. The number of hydrogen-bond donors (Lipinski definition) is 1. The summed E-state index contributed by atoms with van der Waals surface area (Å²) >= 11 is 0. The van der Waals surface area contributed by atoms with E-state index in [1.165, 1.54) is 67.2 Å². The maximum absolute atomic E-state index is 13.6. The van der Waals surface area contributed by atoms with Gasteiger partial charge in [-0.05, 0) is 79.0 Å². The first-order chi connectivity index (χ1) is 17.0. The topological polar surface area (TPSA) is 60.2 Å². The Morgan fingerprint density at radius 2 is 1.80 bits per heavy atom. The zero-order valence-electron chi connectivity index (χ0n) is 21.5. The summed E-state index contributed by atoms with van der Waals surface area (Å²) in [6.45, 7) is 2.29. The maximum Gasteiger partial charge on any atom is 0.220 e. The molecular weight excluding hydrogens is 430 g/mol. The lowest BCUT2D eigenvalue weighted by molar-refractivity contribution is -0.122. The average Bonchev–Trinajstić information content (AvgIpc) is 3.10. The molecule has 3 nitrogen and oxygen atoms in total. The molecule has 1 fully saturated rings. The van der Waals surface area contributed by atoms with Gasteiger partial charge in [0.25, 0.3) is 0 Å². The molecule has 2 N–H and O–H groups in total. The third-order valence-electron chi connectivity index (χ3n) is 8.60. The quantitative estimate of drug-likeness (QED) is 0.380. The molecule has 2 aliphatic rings. The number of carbonyl (C=O) groups is 2. The summed E-state index contributed by atoms with van der Waals surface area (Å²) in [6, 6.07) is 17.2. The van der Waals surface area contributed by atoms with E-state index in [0.29, 0.717) is 18.1 Å². The van der Waals surface area contributed by atoms with Gasteiger partial charge in [-0.15, -0.1) is 0 Å². The largest absolute Gasteiger partial charge is 0.369 e. The molecule has 4 atom stereocenters. The average molecular weight is 474 g/mol. The van der Waals surface area contributed by atoms with Crippen molar-refractivity contribution in [2.45, 2.75) is 96.3 Å². The fraction of sp³-hybridized carbons (Fsp3) is 0.562. The number of Topliss-reactive ketones (excluding diaryl/α,β-unsaturated/α-hetero) is 1. The monoisotopic (exact) mass is 473 g/mol. The number of fused-ring (bicyclic) bond motifs is 1. The highest BCUT2D eigenvalue weighted by Crippen LogP contribution is 2.39. The molecule has 2 aromatic rings. The van der Waals surface area contributed by atoms with Crippen LogP contribution in [0.2, 0.25) is 0 Å². The van der Waals surface area contributed by atoms with E-state index >= 15 is 0 Å². The van der Waals surface area contributed by atoms with Gasteiger partial charge in [-0.1, -0.05) is 87.6 Å². The van der Waals surface area contributed by atoms with Crippen LogP contribution in [0, 0.1) is 17.8 Å². The molecule has 0 saturated heterocycles. The summed E-state index contributed by atoms with van der Waals surface area (Å²) in [5, 5.41) is 0. The number of primary amides is 1. The van der Waals surface area contributed by atoms with Crippen LogP contribution in [0.1, 0.15) is 99.3 Å². The van der Waals surface area contributed by atoms with Crippen LogP contribution in [-0.4, -0.2) is 11.7 Å². The molecule has 3 heteroatoms. The molecule has 0 aromatic heterocycles. The van der Waals surface area contributed by atoms with Crippen molar-refractivity contribution in [1.82, 2.24) is 0 Å². The first-order valence-electron chi connectivity index (χ1n) is 14.0. The smallest absolute Gasteiger partial charge is 0.220 e. The standard InChI is InChI=1S/C32H43NO2/c1-2-8-23-9-6-13-26(17-15-23)31(25-11-4-3-5-12-25)30(34)14-7-10-24-16-18-28-22-29(32(33)35)20-19-27(28)21-24/h3-5,11-12,16,18,21,23,26,29,31H,2,6-10,13-15,17,19-20,22H2,1H3,(H2,33,35). The van der Waals surface area contributed by atoms with Crippen LogP contribution in [0.15, 0.2) is 48.5 Å². The number of hydrogen-bond acceptors (Lipinski definition) is 2. The molecule has 4 rings (SSSR count). The summed E-state index contributed by atoms with van der Waals surface area (Å²) in [5.74, 6) is 1.60. The number of carbonyl (C=O) groups excluding carboxylic acids is 2. The minimum atomic E-state index is -0.180. The molecule has 1 amide bonds. The van der Waals surface area contributed by atoms with Crippen molar-refractivity contribution >= 4 is 11.7 Å². The van der Waals surface area contributed by atoms with Gasteiger partial charge in [0.05, 0.1) is 0 Å². The van der Waals surface area contributed by atoms with Crippen LogP contribution in [0.4, 0.5) is 0 Å². The summed E-state index contributed by atoms with van der Waals surface area (Å²) in [5.41, 5.74) is 10.7. The van der Waals surface area contributed by atoms with Crippen LogP contribution >= 0.6 is 0 Å². The highest BCUT2D eigenvalue weighted by atomic mass is 16.1. The molecule has 35 heavy (non-hydrogen) atoms. The predicted molar refractivity (Wildman–Crippen MR) is 143 cm³/mol. The van der Waals surface area contributed by atoms with Crippen molar-refractivity contribution in [3.8, 4) is 0 Å². The van der Waals surface area contributed by atoms with E-state index in [1.807, 2.05) is 0 Å². The van der Waals surface area contributed by atoms with Gasteiger partial charge in [-0.25, -0.2) is 0 Å². The Labute approximate surface area is 211 Å². The van der Waals surface area contributed by atoms with Crippen LogP contribution in [0.25, 0.3) is 0 Å². The van der Waals surface area contributed by atoms with Gasteiger partial charge >= 0.3 is 0 Å². The second-order valence-corrected chi connectivity index (χ2v) is 11.1. The molecule has 188 valence electrons. The molecule has 4 unspecified atom stereocenters. The van der Waals surface area contributed by atoms with Gasteiger partial charge in [0, 0.05) is 18.3 Å². The van der Waals surface area contributed by atoms with E-state index in [0.717, 1.165) is 38.0 Å². The lowest BCUT2D eigenvalue weighted by atomic mass is 9.77. The van der Waals surface area contributed by atoms with E-state index < -0.39 is 0 Å². The second kappa shape index (κ2) is 12.5. The molecule has 0 bridgehead atoms. The molecule has 0 spiro atoms. The normalized spacial score (nSPS) is 23.2. The Morgan fingerprint density at radius 3 is 2.57 bits per heavy atom. The molecular formula is C32H43NO2. The van der Waals surface area contributed by atoms with Crippen molar-refractivity contribution < 1.29 is 9.59 Å². The molecule has 0 aliphatic heterocycles. The second-order valence-electron chi connectivity index (χ2n) is 11.1. The lowest BCUT2D eigenvalue weighted by Gasteiger charge is -2.26. The van der Waals surface area contributed by atoms with Crippen LogP contribution in [0.5, 0.6) is 0 Å². The molecule has 0 heterocycles. The lowest BCUT2D eigenvalue weighted by Crippen LogP contribution is -2.28. The summed E-state index contributed by atoms with van der Waals surface area (Å²) < 4.78 is 0. The Morgan fingerprint density at radius 1 is 0.971 bits per heavy atom. The summed E-state index contributed by atoms with van der Waals surface area (Å²) in [7, 11) is 0. The molecule has 0 radical (unpaired) electrons. The van der Waals surface area contributed by atoms with Crippen LogP contribution in [0.3, 0.4) is 0 Å². The maximum atomic E-state index is 13.6. The van der Waals surface area contributed by atoms with Crippen LogP contribution < -0.4 is 5.73 Å². The van der Waals surface area contributed by atoms with Gasteiger partial charge in [-0.3, -0.25) is 9.59 Å². The number of nitrogens with two attached hydrogens (primary N) is 1. The predicted octanol–water partition coefficient (Wildman–Crippen LogP) is 6.95. The minimum Gasteiger partial charge on any atom is -0.369 e. The number of rotatable bonds is 10. The third-order valence-corrected chi connectivity index (χ3v) is 8.60. The third kappa shape index (κ3) is 6.84. The Bertz CT molecular complexity index is 982. The SMILES string of the molecule is CCCC1CCCC(C(C(=O)CCCc2ccc3c(c2)CCC(C(N)=O)C3)c2ccccc2)CC1. The van der Waals surface area contributed by atoms with Gasteiger partial charge in [0.1, 0.15) is 5.78 Å². The minimum absolute atomic E-state index is 0.0258. The van der Waals surface area contributed by atoms with Crippen molar-refractivity contribution in [1.29, 1.82) is 0 Å². The zero-order chi connectivity index (χ0) is 24.6. The number of aryl methyl sites for hydroxylation is 2. The van der Waals surface area contributed by atoms with Gasteiger partial charge < -0.3 is 5.73 Å². The van der Waals surface area contributed by atoms with E-state index in [4.69, 9.17) is 5.73 Å². The Kier molecular flexibility index (Phi) is 9.18. The van der Waals surface area contributed by atoms with Crippen LogP contribution in [-0.2, 0) is 28.9 Å². The van der Waals surface area contributed by atoms with Crippen molar-refractivity contribution in [3.05, 3.63) is 70.8 Å². The van der Waals surface area contributed by atoms with E-state index in [9.17, 15) is 9.59 Å². The number of amides is 1. The number of benzene rings is 2. The van der Waals surface area contributed by atoms with E-state index in [-0.39, 0.29) is 17.7 Å². The van der Waals surface area contributed by atoms with Gasteiger partial charge in [-0.2, -0.15) is 0 Å². The molecule has 1 saturated carbocycles. The van der Waals surface area contributed by atoms with Crippen molar-refractivity contribution in [2.24, 2.45) is 23.5 Å². The van der Waals surface area contributed by atoms with Crippen molar-refractivity contribution in [2.75, 3.05) is 0 Å².